The first-order valence-electron chi connectivity index (χ1n) is 9.62. The molecule has 10 heteroatoms. The highest BCUT2D eigenvalue weighted by Gasteiger charge is 2.45. The number of anilines is 1. The number of aryl methyl sites for hydroxylation is 1. The van der Waals surface area contributed by atoms with Crippen LogP contribution in [-0.2, 0) is 25.4 Å². The number of hydrogen-bond acceptors (Lipinski definition) is 4. The van der Waals surface area contributed by atoms with Crippen LogP contribution in [0.2, 0.25) is 0 Å². The van der Waals surface area contributed by atoms with Gasteiger partial charge in [-0.3, -0.25) is 4.68 Å². The Labute approximate surface area is 170 Å². The molecule has 30 heavy (non-hydrogen) atoms. The first-order chi connectivity index (χ1) is 14.2. The molecule has 1 aromatic carbocycles. The number of nitriles is 1. The fourth-order valence-corrected chi connectivity index (χ4v) is 4.09. The van der Waals surface area contributed by atoms with Crippen LogP contribution in [0.25, 0.3) is 0 Å². The number of nitrogens with one attached hydrogen (secondary N) is 1. The quantitative estimate of drug-likeness (QED) is 0.743. The topological polar surface area (TPSA) is 94.2 Å². The zero-order valence-corrected chi connectivity index (χ0v) is 16.2. The molecular weight excluding hydrogens is 399 g/mol. The molecule has 0 saturated carbocycles. The van der Waals surface area contributed by atoms with Gasteiger partial charge in [-0.25, -0.2) is 9.18 Å². The average Bonchev–Trinajstić information content (AvgIpc) is 2.99. The Bertz CT molecular complexity index is 1050. The molecule has 2 amide bonds. The van der Waals surface area contributed by atoms with Gasteiger partial charge in [0.2, 0.25) is 0 Å². The van der Waals surface area contributed by atoms with Crippen molar-refractivity contribution in [2.24, 2.45) is 0 Å². The van der Waals surface area contributed by atoms with E-state index < -0.39 is 30.3 Å². The van der Waals surface area contributed by atoms with E-state index in [2.05, 4.69) is 10.4 Å². The molecule has 0 radical (unpaired) electrons. The van der Waals surface area contributed by atoms with Crippen LogP contribution in [0, 0.1) is 17.1 Å². The summed E-state index contributed by atoms with van der Waals surface area (Å²) in [5, 5.41) is 25.7. The van der Waals surface area contributed by atoms with Gasteiger partial charge in [0.05, 0.1) is 23.9 Å². The fraction of sp³-hybridized carbons (Fsp3) is 0.450. The number of aliphatic hydroxyl groups excluding tert-OH is 1. The number of rotatable bonds is 1. The summed E-state index contributed by atoms with van der Waals surface area (Å²) in [6.45, 7) is 1.92. The number of halogens is 3. The van der Waals surface area contributed by atoms with Crippen molar-refractivity contribution in [1.82, 2.24) is 14.7 Å². The van der Waals surface area contributed by atoms with Gasteiger partial charge in [-0.05, 0) is 31.5 Å². The van der Waals surface area contributed by atoms with Crippen molar-refractivity contribution in [2.75, 3.05) is 5.32 Å². The maximum absolute atomic E-state index is 14.8. The molecule has 2 aromatic rings. The van der Waals surface area contributed by atoms with E-state index in [0.717, 1.165) is 6.07 Å². The predicted molar refractivity (Wildman–Crippen MR) is 100 cm³/mol. The predicted octanol–water partition coefficient (Wildman–Crippen LogP) is 3.12. The number of aromatic nitrogens is 2. The number of carbonyl (C=O) groups is 1. The molecule has 0 bridgehead atoms. The minimum atomic E-state index is -3.25. The molecule has 2 aliphatic heterocycles. The van der Waals surface area contributed by atoms with Crippen molar-refractivity contribution in [2.45, 2.75) is 57.3 Å². The van der Waals surface area contributed by atoms with Crippen LogP contribution >= 0.6 is 0 Å². The Kier molecular flexibility index (Phi) is 4.94. The monoisotopic (exact) mass is 419 g/mol. The van der Waals surface area contributed by atoms with Crippen LogP contribution in [0.15, 0.2) is 18.2 Å². The van der Waals surface area contributed by atoms with Gasteiger partial charge in [0, 0.05) is 36.7 Å². The van der Waals surface area contributed by atoms with E-state index in [-0.39, 0.29) is 42.5 Å². The van der Waals surface area contributed by atoms with Gasteiger partial charge in [0.1, 0.15) is 17.6 Å². The third-order valence-electron chi connectivity index (χ3n) is 5.59. The van der Waals surface area contributed by atoms with Crippen LogP contribution < -0.4 is 5.32 Å². The van der Waals surface area contributed by atoms with Crippen LogP contribution in [-0.4, -0.2) is 38.0 Å². The lowest BCUT2D eigenvalue weighted by atomic mass is 9.96. The maximum Gasteiger partial charge on any atom is 0.322 e. The molecule has 0 aliphatic carbocycles. The van der Waals surface area contributed by atoms with Gasteiger partial charge in [-0.1, -0.05) is 0 Å². The van der Waals surface area contributed by atoms with Gasteiger partial charge in [-0.15, -0.1) is 0 Å². The van der Waals surface area contributed by atoms with Gasteiger partial charge in [-0.2, -0.15) is 19.1 Å². The van der Waals surface area contributed by atoms with Gasteiger partial charge in [0.15, 0.2) is 0 Å². The Balaban J connectivity index is 1.61. The third kappa shape index (κ3) is 3.50. The summed E-state index contributed by atoms with van der Waals surface area (Å²) in [5.74, 6) is -3.95. The molecule has 2 atom stereocenters. The molecule has 1 aromatic heterocycles. The number of fused-ring (bicyclic) bond motifs is 3. The molecule has 2 N–H and O–H groups in total. The second-order valence-corrected chi connectivity index (χ2v) is 7.77. The molecule has 2 aliphatic rings. The van der Waals surface area contributed by atoms with Crippen LogP contribution in [0.3, 0.4) is 0 Å². The number of amides is 2. The Hall–Kier alpha value is -3.06. The van der Waals surface area contributed by atoms with E-state index in [1.54, 1.807) is 13.0 Å². The second-order valence-electron chi connectivity index (χ2n) is 7.77. The molecule has 0 fully saturated rings. The van der Waals surface area contributed by atoms with Crippen LogP contribution in [0.1, 0.15) is 42.3 Å². The van der Waals surface area contributed by atoms with Crippen LogP contribution in [0.4, 0.5) is 23.7 Å². The fourth-order valence-electron chi connectivity index (χ4n) is 4.09. The minimum absolute atomic E-state index is 0.0599. The summed E-state index contributed by atoms with van der Waals surface area (Å²) in [5.41, 5.74) is 0.623. The maximum atomic E-state index is 14.8. The highest BCUT2D eigenvalue weighted by molar-refractivity contribution is 5.90. The van der Waals surface area contributed by atoms with Crippen molar-refractivity contribution in [3.05, 3.63) is 46.5 Å². The standard InChI is InChI=1S/C20H20F3N5O2/c1-11-6-17-15(18-20(22,23)8-14(29)4-5-28(18)26-17)10-27(11)19(30)25-13-2-3-16(21)12(7-13)9-24/h2-3,7,11,14,29H,4-6,8,10H2,1H3,(H,25,30)/t11-,14-/m1/s1. The highest BCUT2D eigenvalue weighted by atomic mass is 19.3. The summed E-state index contributed by atoms with van der Waals surface area (Å²) in [6.07, 6.45) is -1.30. The second kappa shape index (κ2) is 7.32. The Morgan fingerprint density at radius 1 is 1.43 bits per heavy atom. The Morgan fingerprint density at radius 3 is 2.93 bits per heavy atom. The number of alkyl halides is 2. The number of urea groups is 1. The zero-order chi connectivity index (χ0) is 21.6. The average molecular weight is 419 g/mol. The normalized spacial score (nSPS) is 22.5. The lowest BCUT2D eigenvalue weighted by molar-refractivity contribution is -0.0509. The van der Waals surface area contributed by atoms with E-state index >= 15 is 0 Å². The molecule has 0 unspecified atom stereocenters. The number of carbonyl (C=O) groups excluding carboxylic acids is 1. The zero-order valence-electron chi connectivity index (χ0n) is 16.2. The molecule has 158 valence electrons. The summed E-state index contributed by atoms with van der Waals surface area (Å²) in [4.78, 5) is 14.2. The van der Waals surface area contributed by atoms with E-state index in [9.17, 15) is 23.1 Å². The molecule has 3 heterocycles. The SMILES string of the molecule is C[C@@H]1Cc2nn3c(c2CN1C(=O)Nc1ccc(F)c(C#N)c1)C(F)(F)C[C@H](O)CC3. The van der Waals surface area contributed by atoms with Crippen molar-refractivity contribution in [1.29, 1.82) is 5.26 Å². The molecule has 0 saturated heterocycles. The lowest BCUT2D eigenvalue weighted by Gasteiger charge is -2.33. The van der Waals surface area contributed by atoms with E-state index in [1.807, 2.05) is 0 Å². The van der Waals surface area contributed by atoms with Crippen molar-refractivity contribution in [3.63, 3.8) is 0 Å². The summed E-state index contributed by atoms with van der Waals surface area (Å²) in [6, 6.07) is 4.49. The van der Waals surface area contributed by atoms with Crippen molar-refractivity contribution >= 4 is 11.7 Å². The lowest BCUT2D eigenvalue weighted by Crippen LogP contribution is -2.45. The van der Waals surface area contributed by atoms with Crippen molar-refractivity contribution < 1.29 is 23.1 Å². The van der Waals surface area contributed by atoms with Crippen LogP contribution in [0.5, 0.6) is 0 Å². The summed E-state index contributed by atoms with van der Waals surface area (Å²) < 4.78 is 44.4. The molecule has 4 rings (SSSR count). The third-order valence-corrected chi connectivity index (χ3v) is 5.59. The summed E-state index contributed by atoms with van der Waals surface area (Å²) in [7, 11) is 0. The number of hydrogen-bond donors (Lipinski definition) is 2. The Morgan fingerprint density at radius 2 is 2.20 bits per heavy atom. The van der Waals surface area contributed by atoms with Crippen molar-refractivity contribution in [3.8, 4) is 6.07 Å². The first kappa shape index (κ1) is 20.2. The van der Waals surface area contributed by atoms with Gasteiger partial charge >= 0.3 is 6.03 Å². The minimum Gasteiger partial charge on any atom is -0.393 e. The van der Waals surface area contributed by atoms with Gasteiger partial charge < -0.3 is 15.3 Å². The molecule has 0 spiro atoms. The largest absolute Gasteiger partial charge is 0.393 e. The number of nitrogens with zero attached hydrogens (tertiary/aromatic N) is 4. The first-order valence-corrected chi connectivity index (χ1v) is 9.62. The van der Waals surface area contributed by atoms with Gasteiger partial charge in [0.25, 0.3) is 5.92 Å². The summed E-state index contributed by atoms with van der Waals surface area (Å²) >= 11 is 0. The molecule has 7 nitrogen and oxygen atoms in total. The molecular formula is C20H20F3N5O2. The van der Waals surface area contributed by atoms with E-state index in [1.165, 1.54) is 21.7 Å². The van der Waals surface area contributed by atoms with E-state index in [0.29, 0.717) is 17.7 Å². The number of aliphatic hydroxyl groups is 1. The highest BCUT2D eigenvalue weighted by Crippen LogP contribution is 2.41. The van der Waals surface area contributed by atoms with E-state index in [4.69, 9.17) is 5.26 Å². The smallest absolute Gasteiger partial charge is 0.322 e. The number of benzene rings is 1.